The Labute approximate surface area is 149 Å². The standard InChI is InChI=1S/C18H16N4O2S/c1-12-6-8-14(9-7-12)17-11-25-18(19-17)21-20-13(2)15-4-3-5-16(10-15)22(23)24/h3-11H,1-2H3,(H,19,21). The zero-order valence-corrected chi connectivity index (χ0v) is 14.6. The fourth-order valence-electron chi connectivity index (χ4n) is 2.22. The first-order chi connectivity index (χ1) is 12.0. The van der Waals surface area contributed by atoms with Gasteiger partial charge in [-0.1, -0.05) is 42.0 Å². The molecule has 2 aromatic carbocycles. The highest BCUT2D eigenvalue weighted by Crippen LogP contribution is 2.25. The molecular weight excluding hydrogens is 336 g/mol. The molecule has 7 heteroatoms. The second kappa shape index (κ2) is 7.23. The van der Waals surface area contributed by atoms with Crippen LogP contribution in [0.1, 0.15) is 18.1 Å². The first kappa shape index (κ1) is 16.8. The molecule has 0 aliphatic carbocycles. The van der Waals surface area contributed by atoms with E-state index in [2.05, 4.69) is 15.5 Å². The van der Waals surface area contributed by atoms with Gasteiger partial charge in [-0.15, -0.1) is 11.3 Å². The lowest BCUT2D eigenvalue weighted by Gasteiger charge is -2.01. The molecule has 1 aromatic heterocycles. The van der Waals surface area contributed by atoms with Gasteiger partial charge >= 0.3 is 0 Å². The number of rotatable bonds is 5. The van der Waals surface area contributed by atoms with Crippen molar-refractivity contribution in [1.82, 2.24) is 4.98 Å². The van der Waals surface area contributed by atoms with Crippen LogP contribution < -0.4 is 5.43 Å². The second-order valence-electron chi connectivity index (χ2n) is 5.52. The molecule has 1 heterocycles. The molecule has 0 amide bonds. The Morgan fingerprint density at radius 2 is 2.00 bits per heavy atom. The van der Waals surface area contributed by atoms with Crippen LogP contribution in [0.2, 0.25) is 0 Å². The lowest BCUT2D eigenvalue weighted by atomic mass is 10.1. The van der Waals surface area contributed by atoms with Gasteiger partial charge in [0, 0.05) is 28.6 Å². The number of nitro benzene ring substituents is 1. The second-order valence-corrected chi connectivity index (χ2v) is 6.38. The Balaban J connectivity index is 1.74. The Morgan fingerprint density at radius 3 is 2.72 bits per heavy atom. The van der Waals surface area contributed by atoms with Crippen molar-refractivity contribution < 1.29 is 4.92 Å². The van der Waals surface area contributed by atoms with Crippen molar-refractivity contribution >= 4 is 27.9 Å². The number of nitrogens with one attached hydrogen (secondary N) is 1. The number of nitrogens with zero attached hydrogens (tertiary/aromatic N) is 3. The van der Waals surface area contributed by atoms with E-state index in [1.807, 2.05) is 36.6 Å². The van der Waals surface area contributed by atoms with Gasteiger partial charge in [0.15, 0.2) is 0 Å². The highest BCUT2D eigenvalue weighted by Gasteiger charge is 2.08. The molecule has 3 rings (SSSR count). The van der Waals surface area contributed by atoms with Crippen molar-refractivity contribution in [1.29, 1.82) is 0 Å². The van der Waals surface area contributed by atoms with Crippen LogP contribution in [0.3, 0.4) is 0 Å². The highest BCUT2D eigenvalue weighted by atomic mass is 32.1. The molecule has 6 nitrogen and oxygen atoms in total. The maximum atomic E-state index is 10.9. The van der Waals surface area contributed by atoms with Crippen LogP contribution in [0, 0.1) is 17.0 Å². The van der Waals surface area contributed by atoms with Crippen LogP contribution in [-0.2, 0) is 0 Å². The van der Waals surface area contributed by atoms with E-state index >= 15 is 0 Å². The number of hydrazone groups is 1. The number of anilines is 1. The summed E-state index contributed by atoms with van der Waals surface area (Å²) in [7, 11) is 0. The summed E-state index contributed by atoms with van der Waals surface area (Å²) in [6.07, 6.45) is 0. The van der Waals surface area contributed by atoms with E-state index in [-0.39, 0.29) is 5.69 Å². The zero-order chi connectivity index (χ0) is 17.8. The number of aryl methyl sites for hydroxylation is 1. The third-order valence-corrected chi connectivity index (χ3v) is 4.39. The summed E-state index contributed by atoms with van der Waals surface area (Å²) in [6.45, 7) is 3.84. The van der Waals surface area contributed by atoms with Gasteiger partial charge in [0.25, 0.3) is 5.69 Å². The van der Waals surface area contributed by atoms with Crippen LogP contribution in [0.15, 0.2) is 59.0 Å². The lowest BCUT2D eigenvalue weighted by Crippen LogP contribution is -2.00. The summed E-state index contributed by atoms with van der Waals surface area (Å²) < 4.78 is 0. The number of non-ortho nitro benzene ring substituents is 1. The first-order valence-corrected chi connectivity index (χ1v) is 8.48. The van der Waals surface area contributed by atoms with E-state index < -0.39 is 4.92 Å². The quantitative estimate of drug-likeness (QED) is 0.404. The summed E-state index contributed by atoms with van der Waals surface area (Å²) in [4.78, 5) is 15.0. The first-order valence-electron chi connectivity index (χ1n) is 7.60. The van der Waals surface area contributed by atoms with Gasteiger partial charge in [0.2, 0.25) is 5.13 Å². The largest absolute Gasteiger partial charge is 0.270 e. The minimum Gasteiger partial charge on any atom is -0.258 e. The molecular formula is C18H16N4O2S. The molecule has 0 radical (unpaired) electrons. The highest BCUT2D eigenvalue weighted by molar-refractivity contribution is 7.14. The molecule has 0 unspecified atom stereocenters. The molecule has 0 aliphatic rings. The molecule has 126 valence electrons. The van der Waals surface area contributed by atoms with Crippen molar-refractivity contribution in [3.05, 3.63) is 75.2 Å². The molecule has 0 spiro atoms. The van der Waals surface area contributed by atoms with Gasteiger partial charge < -0.3 is 0 Å². The third-order valence-electron chi connectivity index (χ3n) is 3.65. The summed E-state index contributed by atoms with van der Waals surface area (Å²) in [5.41, 5.74) is 7.44. The number of nitro groups is 1. The average Bonchev–Trinajstić information content (AvgIpc) is 3.09. The van der Waals surface area contributed by atoms with Crippen LogP contribution in [0.5, 0.6) is 0 Å². The van der Waals surface area contributed by atoms with E-state index in [1.54, 1.807) is 19.1 Å². The van der Waals surface area contributed by atoms with Crippen LogP contribution in [0.4, 0.5) is 10.8 Å². The normalized spacial score (nSPS) is 11.4. The molecule has 0 fully saturated rings. The number of thiazole rings is 1. The van der Waals surface area contributed by atoms with Gasteiger partial charge in [0.05, 0.1) is 16.3 Å². The fourth-order valence-corrected chi connectivity index (χ4v) is 2.88. The van der Waals surface area contributed by atoms with Crippen LogP contribution in [-0.4, -0.2) is 15.6 Å². The number of benzene rings is 2. The summed E-state index contributed by atoms with van der Waals surface area (Å²) in [5, 5.41) is 17.8. The molecule has 3 aromatic rings. The smallest absolute Gasteiger partial charge is 0.258 e. The van der Waals surface area contributed by atoms with E-state index in [4.69, 9.17) is 0 Å². The van der Waals surface area contributed by atoms with Gasteiger partial charge in [-0.05, 0) is 13.8 Å². The Kier molecular flexibility index (Phi) is 4.85. The SMILES string of the molecule is CC(=NNc1nc(-c2ccc(C)cc2)cs1)c1cccc([N+](=O)[O-])c1. The topological polar surface area (TPSA) is 80.4 Å². The predicted octanol–water partition coefficient (Wildman–Crippen LogP) is 4.86. The van der Waals surface area contributed by atoms with Crippen LogP contribution in [0.25, 0.3) is 11.3 Å². The minimum absolute atomic E-state index is 0.0444. The molecule has 0 aliphatic heterocycles. The maximum Gasteiger partial charge on any atom is 0.270 e. The number of aromatic nitrogens is 1. The van der Waals surface area contributed by atoms with Crippen molar-refractivity contribution in [2.45, 2.75) is 13.8 Å². The zero-order valence-electron chi connectivity index (χ0n) is 13.8. The van der Waals surface area contributed by atoms with Gasteiger partial charge in [-0.25, -0.2) is 4.98 Å². The van der Waals surface area contributed by atoms with E-state index in [0.29, 0.717) is 16.4 Å². The van der Waals surface area contributed by atoms with Crippen molar-refractivity contribution in [3.8, 4) is 11.3 Å². The van der Waals surface area contributed by atoms with Crippen molar-refractivity contribution in [2.75, 3.05) is 5.43 Å². The van der Waals surface area contributed by atoms with Crippen molar-refractivity contribution in [2.24, 2.45) is 5.10 Å². The third kappa shape index (κ3) is 4.07. The predicted molar refractivity (Wildman–Crippen MR) is 101 cm³/mol. The Hall–Kier alpha value is -3.06. The van der Waals surface area contributed by atoms with Gasteiger partial charge in [0.1, 0.15) is 0 Å². The number of hydrogen-bond donors (Lipinski definition) is 1. The van der Waals surface area contributed by atoms with E-state index in [9.17, 15) is 10.1 Å². The van der Waals surface area contributed by atoms with Crippen LogP contribution >= 0.6 is 11.3 Å². The monoisotopic (exact) mass is 352 g/mol. The summed E-state index contributed by atoms with van der Waals surface area (Å²) in [6, 6.07) is 14.5. The minimum atomic E-state index is -0.418. The molecule has 25 heavy (non-hydrogen) atoms. The molecule has 1 N–H and O–H groups in total. The molecule has 0 saturated carbocycles. The Bertz CT molecular complexity index is 932. The molecule has 0 saturated heterocycles. The fraction of sp³-hybridized carbons (Fsp3) is 0.111. The number of hydrogen-bond acceptors (Lipinski definition) is 6. The molecule has 0 atom stereocenters. The summed E-state index contributed by atoms with van der Waals surface area (Å²) >= 11 is 1.46. The van der Waals surface area contributed by atoms with Crippen molar-refractivity contribution in [3.63, 3.8) is 0 Å². The summed E-state index contributed by atoms with van der Waals surface area (Å²) in [5.74, 6) is 0. The van der Waals surface area contributed by atoms with E-state index in [1.165, 1.54) is 29.0 Å². The van der Waals surface area contributed by atoms with Gasteiger partial charge in [-0.2, -0.15) is 5.10 Å². The lowest BCUT2D eigenvalue weighted by molar-refractivity contribution is -0.384. The van der Waals surface area contributed by atoms with E-state index in [0.717, 1.165) is 11.3 Å². The molecule has 0 bridgehead atoms. The van der Waals surface area contributed by atoms with Gasteiger partial charge in [-0.3, -0.25) is 15.5 Å². The maximum absolute atomic E-state index is 10.9. The Morgan fingerprint density at radius 1 is 1.24 bits per heavy atom. The average molecular weight is 352 g/mol.